The number of methoxy groups -OCH3 is 1. The molecule has 3 heteroatoms. The van der Waals surface area contributed by atoms with E-state index in [1.54, 1.807) is 0 Å². The zero-order valence-corrected chi connectivity index (χ0v) is 10.9. The summed E-state index contributed by atoms with van der Waals surface area (Å²) < 4.78 is 5.79. The van der Waals surface area contributed by atoms with E-state index < -0.39 is 0 Å². The summed E-state index contributed by atoms with van der Waals surface area (Å²) in [6.07, 6.45) is 0. The van der Waals surface area contributed by atoms with Gasteiger partial charge in [-0.25, -0.2) is 0 Å². The second-order valence-corrected chi connectivity index (χ2v) is 4.24. The average molecular weight is 307 g/mol. The van der Waals surface area contributed by atoms with Gasteiger partial charge in [-0.2, -0.15) is 0 Å². The summed E-state index contributed by atoms with van der Waals surface area (Å²) in [6.45, 7) is 2.19. The number of hydrogen-bond acceptors (Lipinski definition) is 2. The topological polar surface area (TPSA) is 26.3 Å². The summed E-state index contributed by atoms with van der Waals surface area (Å²) in [4.78, 5) is 11.1. The SMILES string of the molecule is COC(=O)c1ccc(C(C)C[TeH])cc1.[H+]. The van der Waals surface area contributed by atoms with Crippen LogP contribution >= 0.6 is 0 Å². The second kappa shape index (κ2) is 5.38. The van der Waals surface area contributed by atoms with Crippen molar-refractivity contribution in [2.45, 2.75) is 17.3 Å². The first kappa shape index (κ1) is 11.6. The molecule has 0 fully saturated rings. The van der Waals surface area contributed by atoms with Gasteiger partial charge in [-0.05, 0) is 0 Å². The molecule has 0 spiro atoms. The molecule has 0 saturated carbocycles. The number of carbonyl (C=O) groups excluding carboxylic acids is 1. The van der Waals surface area contributed by atoms with Crippen LogP contribution in [0.3, 0.4) is 0 Å². The van der Waals surface area contributed by atoms with E-state index in [0.717, 1.165) is 4.47 Å². The van der Waals surface area contributed by atoms with Crippen molar-refractivity contribution in [3.63, 3.8) is 0 Å². The molecule has 1 aromatic carbocycles. The summed E-state index contributed by atoms with van der Waals surface area (Å²) in [6, 6.07) is 7.63. The van der Waals surface area contributed by atoms with Gasteiger partial charge in [-0.3, -0.25) is 0 Å². The van der Waals surface area contributed by atoms with Crippen molar-refractivity contribution in [3.05, 3.63) is 35.4 Å². The monoisotopic (exact) mass is 309 g/mol. The van der Waals surface area contributed by atoms with Crippen LogP contribution in [-0.4, -0.2) is 35.4 Å². The molecular weight excluding hydrogens is 292 g/mol. The molecule has 0 aliphatic rings. The van der Waals surface area contributed by atoms with Gasteiger partial charge in [-0.15, -0.1) is 0 Å². The van der Waals surface area contributed by atoms with E-state index in [4.69, 9.17) is 0 Å². The third kappa shape index (κ3) is 2.73. The van der Waals surface area contributed by atoms with E-state index in [1.807, 2.05) is 46.6 Å². The molecule has 0 bridgehead atoms. The summed E-state index contributed by atoms with van der Waals surface area (Å²) in [5.41, 5.74) is 1.89. The average Bonchev–Trinajstić information content (AvgIpc) is 2.27. The van der Waals surface area contributed by atoms with Gasteiger partial charge in [0.1, 0.15) is 0 Å². The maximum Gasteiger partial charge on any atom is 1.00 e. The first-order chi connectivity index (χ1) is 6.69. The van der Waals surface area contributed by atoms with Gasteiger partial charge in [0.15, 0.2) is 0 Å². The number of rotatable bonds is 3. The summed E-state index contributed by atoms with van der Waals surface area (Å²) in [5, 5.41) is 0. The fourth-order valence-electron chi connectivity index (χ4n) is 1.17. The van der Waals surface area contributed by atoms with Gasteiger partial charge in [0, 0.05) is 0 Å². The molecule has 76 valence electrons. The molecule has 2 nitrogen and oxygen atoms in total. The normalized spacial score (nSPS) is 12.2. The quantitative estimate of drug-likeness (QED) is 0.631. The Morgan fingerprint density at radius 3 is 2.50 bits per heavy atom. The van der Waals surface area contributed by atoms with E-state index in [-0.39, 0.29) is 7.40 Å². The van der Waals surface area contributed by atoms with Crippen LogP contribution in [0.5, 0.6) is 0 Å². The molecule has 0 radical (unpaired) electrons. The minimum atomic E-state index is -0.274. The number of esters is 1. The van der Waals surface area contributed by atoms with E-state index in [1.165, 1.54) is 12.7 Å². The number of benzene rings is 1. The van der Waals surface area contributed by atoms with Gasteiger partial charge in [0.05, 0.1) is 0 Å². The first-order valence-corrected chi connectivity index (χ1v) is 6.28. The Morgan fingerprint density at radius 1 is 1.50 bits per heavy atom. The van der Waals surface area contributed by atoms with Crippen LogP contribution in [0.4, 0.5) is 0 Å². The van der Waals surface area contributed by atoms with Crippen LogP contribution in [0, 0.1) is 0 Å². The zero-order valence-electron chi connectivity index (χ0n) is 9.36. The van der Waals surface area contributed by atoms with Crippen molar-refractivity contribution in [2.24, 2.45) is 0 Å². The van der Waals surface area contributed by atoms with Crippen molar-refractivity contribution in [3.8, 4) is 0 Å². The summed E-state index contributed by atoms with van der Waals surface area (Å²) in [5.74, 6) is 0.291. The smallest absolute Gasteiger partial charge is 1.00 e. The van der Waals surface area contributed by atoms with Gasteiger partial charge < -0.3 is 0 Å². The number of ether oxygens (including phenoxy) is 1. The molecule has 14 heavy (non-hydrogen) atoms. The molecular formula is C11H15O2Te+. The molecule has 1 unspecified atom stereocenters. The molecule has 0 amide bonds. The zero-order chi connectivity index (χ0) is 10.6. The summed E-state index contributed by atoms with van der Waals surface area (Å²) >= 11 is 1.81. The Hall–Kier alpha value is -0.520. The minimum Gasteiger partial charge on any atom is 1.00 e. The number of hydrogen-bond donors (Lipinski definition) is 0. The van der Waals surface area contributed by atoms with Crippen molar-refractivity contribution in [1.29, 1.82) is 0 Å². The predicted octanol–water partition coefficient (Wildman–Crippen LogP) is 2.01. The first-order valence-electron chi connectivity index (χ1n) is 4.48. The van der Waals surface area contributed by atoms with Gasteiger partial charge in [-0.1, -0.05) is 0 Å². The molecule has 0 saturated heterocycles. The third-order valence-corrected chi connectivity index (χ3v) is 3.74. The van der Waals surface area contributed by atoms with Crippen molar-refractivity contribution >= 4 is 28.3 Å². The Labute approximate surface area is 99.0 Å². The van der Waals surface area contributed by atoms with E-state index in [2.05, 4.69) is 11.7 Å². The predicted molar refractivity (Wildman–Crippen MR) is 59.3 cm³/mol. The van der Waals surface area contributed by atoms with Crippen molar-refractivity contribution in [1.82, 2.24) is 0 Å². The number of carbonyl (C=O) groups is 1. The fourth-order valence-corrected chi connectivity index (χ4v) is 1.77. The Balaban J connectivity index is 0.00000196. The molecule has 1 atom stereocenters. The van der Waals surface area contributed by atoms with E-state index >= 15 is 0 Å². The largest absolute Gasteiger partial charge is 1.00 e. The molecule has 0 heterocycles. The van der Waals surface area contributed by atoms with Crippen LogP contribution in [0.15, 0.2) is 24.3 Å². The maximum atomic E-state index is 11.1. The summed E-state index contributed by atoms with van der Waals surface area (Å²) in [7, 11) is 1.40. The molecule has 0 N–H and O–H groups in total. The second-order valence-electron chi connectivity index (χ2n) is 3.20. The Bertz CT molecular complexity index is 311. The standard InChI is InChI=1S/C11H14O2Te/c1-8(7-14)9-3-5-10(6-4-9)11(12)13-2/h3-6,8,14H,7H2,1-2H3/p+1. The van der Waals surface area contributed by atoms with Gasteiger partial charge >= 0.3 is 99.0 Å². The van der Waals surface area contributed by atoms with E-state index in [0.29, 0.717) is 11.5 Å². The van der Waals surface area contributed by atoms with Crippen LogP contribution < -0.4 is 0 Å². The Kier molecular flexibility index (Phi) is 4.44. The van der Waals surface area contributed by atoms with Crippen molar-refractivity contribution in [2.75, 3.05) is 7.11 Å². The van der Waals surface area contributed by atoms with Crippen LogP contribution in [0.25, 0.3) is 0 Å². The van der Waals surface area contributed by atoms with Crippen LogP contribution in [-0.2, 0) is 4.74 Å². The van der Waals surface area contributed by atoms with Gasteiger partial charge in [0.25, 0.3) is 0 Å². The van der Waals surface area contributed by atoms with E-state index in [9.17, 15) is 4.79 Å². The maximum absolute atomic E-state index is 11.1. The molecule has 1 aromatic rings. The Morgan fingerprint density at radius 2 is 2.07 bits per heavy atom. The molecule has 0 aliphatic heterocycles. The fraction of sp³-hybridized carbons (Fsp3) is 0.364. The van der Waals surface area contributed by atoms with Gasteiger partial charge in [0.2, 0.25) is 0 Å². The molecule has 0 aromatic heterocycles. The van der Waals surface area contributed by atoms with Crippen molar-refractivity contribution < 1.29 is 11.0 Å². The van der Waals surface area contributed by atoms with Crippen LogP contribution in [0.2, 0.25) is 4.47 Å². The minimum absolute atomic E-state index is 0. The molecule has 1 rings (SSSR count). The van der Waals surface area contributed by atoms with Crippen LogP contribution in [0.1, 0.15) is 30.2 Å². The third-order valence-electron chi connectivity index (χ3n) is 2.17. The molecule has 0 aliphatic carbocycles.